The zero-order valence-corrected chi connectivity index (χ0v) is 6.29. The highest BCUT2D eigenvalue weighted by Crippen LogP contribution is 2.06. The Morgan fingerprint density at radius 2 is 2.10 bits per heavy atom. The van der Waals surface area contributed by atoms with Crippen molar-refractivity contribution in [3.05, 3.63) is 10.4 Å². The lowest BCUT2D eigenvalue weighted by molar-refractivity contribution is 0.327. The molecule has 0 spiro atoms. The predicted octanol–water partition coefficient (Wildman–Crippen LogP) is 2.82. The molecule has 0 aliphatic carbocycles. The summed E-state index contributed by atoms with van der Waals surface area (Å²) in [6.07, 6.45) is 0.304. The highest BCUT2D eigenvalue weighted by atomic mass is 19.1. The van der Waals surface area contributed by atoms with Gasteiger partial charge < -0.3 is 0 Å². The summed E-state index contributed by atoms with van der Waals surface area (Å²) < 4.78 is 12.2. The molecule has 0 aromatic rings. The minimum Gasteiger partial charge on any atom is -0.248 e. The van der Waals surface area contributed by atoms with Gasteiger partial charge in [-0.15, -0.1) is 0 Å². The molecule has 2 atom stereocenters. The normalized spacial score (nSPS) is 15.5. The summed E-state index contributed by atoms with van der Waals surface area (Å²) in [4.78, 5) is 2.62. The molecule has 0 amide bonds. The van der Waals surface area contributed by atoms with Gasteiger partial charge in [-0.05, 0) is 25.3 Å². The van der Waals surface area contributed by atoms with Gasteiger partial charge >= 0.3 is 0 Å². The number of nitrogens with zero attached hydrogens (tertiary/aromatic N) is 3. The van der Waals surface area contributed by atoms with Crippen LogP contribution in [-0.2, 0) is 0 Å². The van der Waals surface area contributed by atoms with Gasteiger partial charge in [0.25, 0.3) is 0 Å². The maximum absolute atomic E-state index is 12.2. The Hall–Kier alpha value is -0.760. The first kappa shape index (κ1) is 9.24. The van der Waals surface area contributed by atoms with E-state index >= 15 is 0 Å². The van der Waals surface area contributed by atoms with Gasteiger partial charge in [0.05, 0.1) is 6.17 Å². The molecular formula is C6H12FN3. The minimum absolute atomic E-state index is 0.0804. The summed E-state index contributed by atoms with van der Waals surface area (Å²) in [5.74, 6) is 0. The van der Waals surface area contributed by atoms with Crippen molar-refractivity contribution >= 4 is 0 Å². The van der Waals surface area contributed by atoms with Crippen LogP contribution in [0, 0.1) is 0 Å². The van der Waals surface area contributed by atoms with Crippen molar-refractivity contribution in [2.75, 3.05) is 0 Å². The summed E-state index contributed by atoms with van der Waals surface area (Å²) >= 11 is 0. The average molecular weight is 145 g/mol. The smallest absolute Gasteiger partial charge is 0.0973 e. The third-order valence-corrected chi connectivity index (χ3v) is 1.23. The number of rotatable bonds is 4. The average Bonchev–Trinajstić information content (AvgIpc) is 1.85. The SMILES string of the molecule is CC(F)CCC(C)N=[N+]=[N-]. The van der Waals surface area contributed by atoms with Crippen molar-refractivity contribution in [1.29, 1.82) is 0 Å². The predicted molar refractivity (Wildman–Crippen MR) is 38.4 cm³/mol. The third kappa shape index (κ3) is 5.38. The Morgan fingerprint density at radius 3 is 2.50 bits per heavy atom. The fourth-order valence-corrected chi connectivity index (χ4v) is 0.617. The molecule has 0 aromatic heterocycles. The molecule has 0 aliphatic rings. The van der Waals surface area contributed by atoms with Gasteiger partial charge in [-0.3, -0.25) is 0 Å². The largest absolute Gasteiger partial charge is 0.248 e. The van der Waals surface area contributed by atoms with Crippen LogP contribution in [0.25, 0.3) is 10.4 Å². The molecule has 0 heterocycles. The van der Waals surface area contributed by atoms with Crippen molar-refractivity contribution in [3.63, 3.8) is 0 Å². The van der Waals surface area contributed by atoms with E-state index in [2.05, 4.69) is 10.0 Å². The molecule has 3 nitrogen and oxygen atoms in total. The van der Waals surface area contributed by atoms with Crippen molar-refractivity contribution in [2.45, 2.75) is 38.9 Å². The molecule has 4 heteroatoms. The van der Waals surface area contributed by atoms with Crippen LogP contribution in [0.4, 0.5) is 4.39 Å². The molecule has 0 saturated carbocycles. The monoisotopic (exact) mass is 145 g/mol. The molecule has 58 valence electrons. The van der Waals surface area contributed by atoms with Crippen LogP contribution in [0.5, 0.6) is 0 Å². The maximum Gasteiger partial charge on any atom is 0.0973 e. The second kappa shape index (κ2) is 5.06. The molecular weight excluding hydrogens is 133 g/mol. The number of hydrogen-bond donors (Lipinski definition) is 0. The lowest BCUT2D eigenvalue weighted by Crippen LogP contribution is -2.01. The van der Waals surface area contributed by atoms with Crippen LogP contribution in [0.2, 0.25) is 0 Å². The third-order valence-electron chi connectivity index (χ3n) is 1.23. The topological polar surface area (TPSA) is 48.8 Å². The molecule has 0 bridgehead atoms. The van der Waals surface area contributed by atoms with E-state index in [1.54, 1.807) is 6.92 Å². The summed E-state index contributed by atoms with van der Waals surface area (Å²) in [7, 11) is 0. The zero-order chi connectivity index (χ0) is 7.98. The maximum atomic E-state index is 12.2. The van der Waals surface area contributed by atoms with Crippen molar-refractivity contribution in [3.8, 4) is 0 Å². The number of hydrogen-bond acceptors (Lipinski definition) is 1. The number of alkyl halides is 1. The standard InChI is InChI=1S/C6H12FN3/c1-5(7)3-4-6(2)9-10-8/h5-6H,3-4H2,1-2H3. The first-order valence-corrected chi connectivity index (χ1v) is 3.35. The van der Waals surface area contributed by atoms with Crippen molar-refractivity contribution < 1.29 is 4.39 Å². The zero-order valence-electron chi connectivity index (χ0n) is 6.29. The molecule has 10 heavy (non-hydrogen) atoms. The van der Waals surface area contributed by atoms with E-state index in [0.717, 1.165) is 0 Å². The van der Waals surface area contributed by atoms with Gasteiger partial charge in [0.2, 0.25) is 0 Å². The van der Waals surface area contributed by atoms with Gasteiger partial charge in [-0.1, -0.05) is 12.0 Å². The Bertz CT molecular complexity index is 129. The lowest BCUT2D eigenvalue weighted by atomic mass is 10.1. The summed E-state index contributed by atoms with van der Waals surface area (Å²) in [5, 5.41) is 3.41. The van der Waals surface area contributed by atoms with E-state index in [-0.39, 0.29) is 6.04 Å². The fourth-order valence-electron chi connectivity index (χ4n) is 0.617. The molecule has 0 fully saturated rings. The Morgan fingerprint density at radius 1 is 1.50 bits per heavy atom. The quantitative estimate of drug-likeness (QED) is 0.332. The van der Waals surface area contributed by atoms with E-state index in [0.29, 0.717) is 12.8 Å². The number of halogens is 1. The van der Waals surface area contributed by atoms with Gasteiger partial charge in [-0.2, -0.15) is 0 Å². The fraction of sp³-hybridized carbons (Fsp3) is 1.00. The Kier molecular flexibility index (Phi) is 4.67. The lowest BCUT2D eigenvalue weighted by Gasteiger charge is -2.03. The molecule has 2 unspecified atom stereocenters. The van der Waals surface area contributed by atoms with Crippen LogP contribution in [0.1, 0.15) is 26.7 Å². The molecule has 0 N–H and O–H groups in total. The van der Waals surface area contributed by atoms with Gasteiger partial charge in [0, 0.05) is 11.0 Å². The summed E-state index contributed by atoms with van der Waals surface area (Å²) in [5.41, 5.74) is 7.97. The first-order valence-electron chi connectivity index (χ1n) is 3.35. The van der Waals surface area contributed by atoms with Crippen molar-refractivity contribution in [1.82, 2.24) is 0 Å². The molecule has 0 saturated heterocycles. The highest BCUT2D eigenvalue weighted by Gasteiger charge is 2.01. The highest BCUT2D eigenvalue weighted by molar-refractivity contribution is 4.62. The van der Waals surface area contributed by atoms with Gasteiger partial charge in [-0.25, -0.2) is 4.39 Å². The molecule has 0 aliphatic heterocycles. The van der Waals surface area contributed by atoms with E-state index in [9.17, 15) is 4.39 Å². The second-order valence-electron chi connectivity index (χ2n) is 2.41. The van der Waals surface area contributed by atoms with Crippen LogP contribution in [0.3, 0.4) is 0 Å². The van der Waals surface area contributed by atoms with Crippen LogP contribution >= 0.6 is 0 Å². The van der Waals surface area contributed by atoms with E-state index in [1.165, 1.54) is 6.92 Å². The van der Waals surface area contributed by atoms with Crippen molar-refractivity contribution in [2.24, 2.45) is 5.11 Å². The van der Waals surface area contributed by atoms with Crippen LogP contribution in [-0.4, -0.2) is 12.2 Å². The molecule has 0 aromatic carbocycles. The molecule has 0 rings (SSSR count). The van der Waals surface area contributed by atoms with Gasteiger partial charge in [0.15, 0.2) is 0 Å². The minimum atomic E-state index is -0.795. The van der Waals surface area contributed by atoms with E-state index in [4.69, 9.17) is 5.53 Å². The molecule has 0 radical (unpaired) electrons. The van der Waals surface area contributed by atoms with Gasteiger partial charge in [0.1, 0.15) is 0 Å². The first-order chi connectivity index (χ1) is 4.66. The summed E-state index contributed by atoms with van der Waals surface area (Å²) in [6, 6.07) is -0.0804. The number of azide groups is 1. The summed E-state index contributed by atoms with van der Waals surface area (Å²) in [6.45, 7) is 3.28. The van der Waals surface area contributed by atoms with E-state index in [1.807, 2.05) is 0 Å². The van der Waals surface area contributed by atoms with Crippen LogP contribution in [0.15, 0.2) is 5.11 Å². The van der Waals surface area contributed by atoms with Crippen LogP contribution < -0.4 is 0 Å². The Balaban J connectivity index is 3.39. The second-order valence-corrected chi connectivity index (χ2v) is 2.41. The Labute approximate surface area is 59.9 Å². The van der Waals surface area contributed by atoms with E-state index < -0.39 is 6.17 Å².